The smallest absolute Gasteiger partial charge is 0.0622 e. The fraction of sp³-hybridized carbons (Fsp3) is 1.00. The first kappa shape index (κ1) is 34.8. The quantitative estimate of drug-likeness (QED) is 0.132. The van der Waals surface area contributed by atoms with E-state index in [-0.39, 0.29) is 0 Å². The van der Waals surface area contributed by atoms with Crippen molar-refractivity contribution in [2.45, 2.75) is 116 Å². The van der Waals surface area contributed by atoms with E-state index in [1.165, 1.54) is 89.9 Å². The Bertz CT molecular complexity index is 395. The zero-order chi connectivity index (χ0) is 26.3. The molecule has 0 aromatic carbocycles. The normalized spacial score (nSPS) is 14.1. The molecular formula is C30H66N4O. The summed E-state index contributed by atoms with van der Waals surface area (Å²) in [7, 11) is 13.3. The third kappa shape index (κ3) is 21.6. The van der Waals surface area contributed by atoms with Crippen molar-refractivity contribution in [2.24, 2.45) is 0 Å². The van der Waals surface area contributed by atoms with E-state index in [4.69, 9.17) is 4.74 Å². The highest BCUT2D eigenvalue weighted by Gasteiger charge is 2.19. The third-order valence-corrected chi connectivity index (χ3v) is 7.45. The molecule has 0 aromatic heterocycles. The topological polar surface area (TPSA) is 22.2 Å². The molecule has 0 aliphatic heterocycles. The first-order chi connectivity index (χ1) is 16.8. The van der Waals surface area contributed by atoms with Crippen LogP contribution >= 0.6 is 0 Å². The van der Waals surface area contributed by atoms with Crippen LogP contribution < -0.4 is 0 Å². The van der Waals surface area contributed by atoms with Gasteiger partial charge in [0.05, 0.1) is 13.2 Å². The summed E-state index contributed by atoms with van der Waals surface area (Å²) < 4.78 is 6.49. The molecule has 0 rings (SSSR count). The minimum absolute atomic E-state index is 0.530. The lowest BCUT2D eigenvalue weighted by atomic mass is 10.0. The van der Waals surface area contributed by atoms with E-state index in [1.807, 2.05) is 0 Å². The Kier molecular flexibility index (Phi) is 24.0. The van der Waals surface area contributed by atoms with Crippen LogP contribution in [-0.2, 0) is 4.74 Å². The summed E-state index contributed by atoms with van der Waals surface area (Å²) in [4.78, 5) is 9.67. The number of ether oxygens (including phenoxy) is 1. The van der Waals surface area contributed by atoms with Gasteiger partial charge in [0.1, 0.15) is 0 Å². The average Bonchev–Trinajstić information content (AvgIpc) is 2.82. The Labute approximate surface area is 221 Å². The molecule has 2 unspecified atom stereocenters. The second-order valence-corrected chi connectivity index (χ2v) is 11.5. The monoisotopic (exact) mass is 499 g/mol. The van der Waals surface area contributed by atoms with Crippen LogP contribution in [0.3, 0.4) is 0 Å². The number of hydrogen-bond acceptors (Lipinski definition) is 5. The van der Waals surface area contributed by atoms with Gasteiger partial charge in [-0.15, -0.1) is 0 Å². The van der Waals surface area contributed by atoms with Crippen LogP contribution in [0.5, 0.6) is 0 Å². The lowest BCUT2D eigenvalue weighted by Gasteiger charge is -2.32. The Morgan fingerprint density at radius 2 is 0.800 bits per heavy atom. The predicted octanol–water partition coefficient (Wildman–Crippen LogP) is 6.23. The molecule has 0 radical (unpaired) electrons. The molecule has 0 saturated heterocycles. The number of rotatable bonds is 26. The van der Waals surface area contributed by atoms with Crippen molar-refractivity contribution >= 4 is 0 Å². The van der Waals surface area contributed by atoms with Crippen LogP contribution in [0.25, 0.3) is 0 Å². The van der Waals surface area contributed by atoms with E-state index in [1.54, 1.807) is 0 Å². The molecule has 0 aromatic rings. The average molecular weight is 499 g/mol. The highest BCUT2D eigenvalue weighted by Crippen LogP contribution is 2.15. The van der Waals surface area contributed by atoms with Gasteiger partial charge in [-0.1, -0.05) is 90.9 Å². The standard InChI is InChI=1S/C30H66N4O/c1-9-11-13-15-17-19-21-29(33(7)25-23-31(3)4)27-35-28-30(34(8)26-24-32(5)6)22-20-18-16-14-12-10-2/h29-30H,9-28H2,1-8H3. The highest BCUT2D eigenvalue weighted by atomic mass is 16.5. The Morgan fingerprint density at radius 3 is 1.14 bits per heavy atom. The van der Waals surface area contributed by atoms with Crippen LogP contribution in [0.1, 0.15) is 104 Å². The molecule has 0 aliphatic carbocycles. The fourth-order valence-corrected chi connectivity index (χ4v) is 4.60. The summed E-state index contributed by atoms with van der Waals surface area (Å²) in [5, 5.41) is 0. The van der Waals surface area contributed by atoms with Crippen LogP contribution in [0.15, 0.2) is 0 Å². The largest absolute Gasteiger partial charge is 0.378 e. The molecule has 0 bridgehead atoms. The second kappa shape index (κ2) is 24.2. The van der Waals surface area contributed by atoms with Crippen molar-refractivity contribution in [3.63, 3.8) is 0 Å². The molecule has 0 N–H and O–H groups in total. The molecule has 0 amide bonds. The molecule has 5 heteroatoms. The summed E-state index contributed by atoms with van der Waals surface area (Å²) in [6, 6.07) is 1.06. The van der Waals surface area contributed by atoms with Gasteiger partial charge < -0.3 is 14.5 Å². The van der Waals surface area contributed by atoms with Crippen molar-refractivity contribution in [2.75, 3.05) is 81.7 Å². The van der Waals surface area contributed by atoms with Crippen LogP contribution in [-0.4, -0.2) is 113 Å². The van der Waals surface area contributed by atoms with Gasteiger partial charge in [-0.05, 0) is 55.1 Å². The predicted molar refractivity (Wildman–Crippen MR) is 157 cm³/mol. The molecule has 0 spiro atoms. The zero-order valence-corrected chi connectivity index (χ0v) is 25.5. The Morgan fingerprint density at radius 1 is 0.457 bits per heavy atom. The SMILES string of the molecule is CCCCCCCCC(COCC(CCCCCCCC)N(C)CCN(C)C)N(C)CCN(C)C. The summed E-state index contributed by atoms with van der Waals surface area (Å²) in [6.45, 7) is 10.8. The summed E-state index contributed by atoms with van der Waals surface area (Å²) in [5.41, 5.74) is 0. The first-order valence-corrected chi connectivity index (χ1v) is 15.1. The van der Waals surface area contributed by atoms with Gasteiger partial charge in [0, 0.05) is 38.3 Å². The maximum Gasteiger partial charge on any atom is 0.0622 e. The first-order valence-electron chi connectivity index (χ1n) is 15.1. The van der Waals surface area contributed by atoms with Crippen LogP contribution in [0.2, 0.25) is 0 Å². The summed E-state index contributed by atoms with van der Waals surface area (Å²) >= 11 is 0. The summed E-state index contributed by atoms with van der Waals surface area (Å²) in [6.07, 6.45) is 18.9. The number of nitrogens with zero attached hydrogens (tertiary/aromatic N) is 4. The van der Waals surface area contributed by atoms with Gasteiger partial charge in [0.2, 0.25) is 0 Å². The molecule has 0 fully saturated rings. The molecule has 2 atom stereocenters. The van der Waals surface area contributed by atoms with E-state index >= 15 is 0 Å². The second-order valence-electron chi connectivity index (χ2n) is 11.5. The van der Waals surface area contributed by atoms with Crippen LogP contribution in [0, 0.1) is 0 Å². The lowest BCUT2D eigenvalue weighted by molar-refractivity contribution is 0.0255. The Hall–Kier alpha value is -0.200. The molecular weight excluding hydrogens is 432 g/mol. The third-order valence-electron chi connectivity index (χ3n) is 7.45. The van der Waals surface area contributed by atoms with E-state index in [0.717, 1.165) is 39.4 Å². The maximum absolute atomic E-state index is 6.49. The fourth-order valence-electron chi connectivity index (χ4n) is 4.60. The van der Waals surface area contributed by atoms with Gasteiger partial charge in [0.25, 0.3) is 0 Å². The minimum atomic E-state index is 0.530. The highest BCUT2D eigenvalue weighted by molar-refractivity contribution is 4.73. The zero-order valence-electron chi connectivity index (χ0n) is 25.5. The van der Waals surface area contributed by atoms with Gasteiger partial charge in [-0.3, -0.25) is 9.80 Å². The van der Waals surface area contributed by atoms with E-state index < -0.39 is 0 Å². The Balaban J connectivity index is 4.72. The van der Waals surface area contributed by atoms with Gasteiger partial charge in [-0.25, -0.2) is 0 Å². The molecule has 35 heavy (non-hydrogen) atoms. The van der Waals surface area contributed by atoms with Crippen LogP contribution in [0.4, 0.5) is 0 Å². The van der Waals surface area contributed by atoms with Crippen molar-refractivity contribution in [1.29, 1.82) is 0 Å². The van der Waals surface area contributed by atoms with E-state index in [2.05, 4.69) is 75.7 Å². The molecule has 0 heterocycles. The number of hydrogen-bond donors (Lipinski definition) is 0. The van der Waals surface area contributed by atoms with Gasteiger partial charge in [-0.2, -0.15) is 0 Å². The number of likely N-dealkylation sites (N-methyl/N-ethyl adjacent to an activating group) is 4. The van der Waals surface area contributed by atoms with Crippen molar-refractivity contribution in [3.05, 3.63) is 0 Å². The van der Waals surface area contributed by atoms with Crippen molar-refractivity contribution in [1.82, 2.24) is 19.6 Å². The minimum Gasteiger partial charge on any atom is -0.378 e. The molecule has 0 saturated carbocycles. The maximum atomic E-state index is 6.49. The van der Waals surface area contributed by atoms with E-state index in [0.29, 0.717) is 12.1 Å². The molecule has 0 aliphatic rings. The van der Waals surface area contributed by atoms with Crippen molar-refractivity contribution in [3.8, 4) is 0 Å². The summed E-state index contributed by atoms with van der Waals surface area (Å²) in [5.74, 6) is 0. The van der Waals surface area contributed by atoms with Crippen molar-refractivity contribution < 1.29 is 4.74 Å². The lowest BCUT2D eigenvalue weighted by Crippen LogP contribution is -2.42. The molecule has 5 nitrogen and oxygen atoms in total. The van der Waals surface area contributed by atoms with Gasteiger partial charge in [0.15, 0.2) is 0 Å². The molecule has 212 valence electrons. The van der Waals surface area contributed by atoms with E-state index in [9.17, 15) is 0 Å². The van der Waals surface area contributed by atoms with Gasteiger partial charge >= 0.3 is 0 Å². The number of unbranched alkanes of at least 4 members (excludes halogenated alkanes) is 10.